The van der Waals surface area contributed by atoms with E-state index in [4.69, 9.17) is 0 Å². The van der Waals surface area contributed by atoms with Crippen LogP contribution in [0.15, 0.2) is 16.8 Å². The van der Waals surface area contributed by atoms with E-state index < -0.39 is 0 Å². The van der Waals surface area contributed by atoms with Gasteiger partial charge in [-0.3, -0.25) is 0 Å². The minimum absolute atomic E-state index is 0.608. The molecule has 0 bridgehead atoms. The van der Waals surface area contributed by atoms with E-state index in [9.17, 15) is 0 Å². The summed E-state index contributed by atoms with van der Waals surface area (Å²) >= 11 is 1.82. The van der Waals surface area contributed by atoms with Crippen LogP contribution in [0.25, 0.3) is 0 Å². The summed E-state index contributed by atoms with van der Waals surface area (Å²) in [5, 5.41) is 7.87. The minimum Gasteiger partial charge on any atom is -0.319 e. The first-order valence-electron chi connectivity index (χ1n) is 6.00. The molecule has 0 spiro atoms. The Hall–Kier alpha value is -0.340. The van der Waals surface area contributed by atoms with Crippen LogP contribution in [0.4, 0.5) is 0 Å². The van der Waals surface area contributed by atoms with Crippen molar-refractivity contribution in [2.75, 3.05) is 13.6 Å². The van der Waals surface area contributed by atoms with Crippen molar-refractivity contribution in [2.45, 2.75) is 38.5 Å². The number of thiophene rings is 1. The normalized spacial score (nSPS) is 19.5. The third-order valence-corrected chi connectivity index (χ3v) is 4.47. The second-order valence-electron chi connectivity index (χ2n) is 4.87. The van der Waals surface area contributed by atoms with E-state index in [2.05, 4.69) is 29.2 Å². The highest BCUT2D eigenvalue weighted by Crippen LogP contribution is 2.41. The number of aryl methyl sites for hydroxylation is 1. The van der Waals surface area contributed by atoms with Gasteiger partial charge in [-0.2, -0.15) is 11.3 Å². The molecule has 1 aliphatic rings. The maximum atomic E-state index is 3.38. The summed E-state index contributed by atoms with van der Waals surface area (Å²) in [6, 6.07) is 2.27. The standard InChI is InChI=1S/C13H21NS/c1-14-11-13(6-2-3-7-13)8-4-12-5-9-15-10-12/h5,9-10,14H,2-4,6-8,11H2,1H3. The SMILES string of the molecule is CNCC1(CCc2ccsc2)CCCC1. The molecular weight excluding hydrogens is 202 g/mol. The van der Waals surface area contributed by atoms with E-state index in [0.29, 0.717) is 5.41 Å². The summed E-state index contributed by atoms with van der Waals surface area (Å²) in [7, 11) is 2.09. The molecule has 2 heteroatoms. The Morgan fingerprint density at radius 3 is 2.80 bits per heavy atom. The molecule has 1 nitrogen and oxygen atoms in total. The van der Waals surface area contributed by atoms with Crippen LogP contribution in [0.5, 0.6) is 0 Å². The van der Waals surface area contributed by atoms with Gasteiger partial charge in [-0.05, 0) is 60.5 Å². The van der Waals surface area contributed by atoms with Gasteiger partial charge in [0.25, 0.3) is 0 Å². The molecule has 2 rings (SSSR count). The Kier molecular flexibility index (Phi) is 3.81. The topological polar surface area (TPSA) is 12.0 Å². The molecule has 84 valence electrons. The van der Waals surface area contributed by atoms with E-state index in [-0.39, 0.29) is 0 Å². The summed E-state index contributed by atoms with van der Waals surface area (Å²) in [6.07, 6.45) is 8.36. The number of hydrogen-bond donors (Lipinski definition) is 1. The first-order valence-corrected chi connectivity index (χ1v) is 6.95. The molecule has 1 heterocycles. The molecule has 1 fully saturated rings. The van der Waals surface area contributed by atoms with Gasteiger partial charge in [-0.25, -0.2) is 0 Å². The fourth-order valence-corrected chi connectivity index (χ4v) is 3.56. The fourth-order valence-electron chi connectivity index (χ4n) is 2.86. The second-order valence-corrected chi connectivity index (χ2v) is 5.65. The van der Waals surface area contributed by atoms with Crippen molar-refractivity contribution in [1.29, 1.82) is 0 Å². The predicted molar refractivity (Wildman–Crippen MR) is 67.5 cm³/mol. The summed E-state index contributed by atoms with van der Waals surface area (Å²) in [5.41, 5.74) is 2.14. The van der Waals surface area contributed by atoms with Crippen LogP contribution in [-0.2, 0) is 6.42 Å². The van der Waals surface area contributed by atoms with Crippen molar-refractivity contribution in [3.63, 3.8) is 0 Å². The largest absolute Gasteiger partial charge is 0.319 e. The highest BCUT2D eigenvalue weighted by Gasteiger charge is 2.32. The van der Waals surface area contributed by atoms with E-state index in [1.54, 1.807) is 0 Å². The average molecular weight is 223 g/mol. The zero-order valence-electron chi connectivity index (χ0n) is 9.59. The average Bonchev–Trinajstić information content (AvgIpc) is 2.85. The van der Waals surface area contributed by atoms with Crippen LogP contribution in [0.3, 0.4) is 0 Å². The van der Waals surface area contributed by atoms with Crippen molar-refractivity contribution in [2.24, 2.45) is 5.41 Å². The second kappa shape index (κ2) is 5.13. The highest BCUT2D eigenvalue weighted by molar-refractivity contribution is 7.07. The molecule has 0 atom stereocenters. The molecular formula is C13H21NS. The lowest BCUT2D eigenvalue weighted by Gasteiger charge is -2.28. The first-order chi connectivity index (χ1) is 7.35. The summed E-state index contributed by atoms with van der Waals surface area (Å²) < 4.78 is 0. The van der Waals surface area contributed by atoms with Crippen LogP contribution < -0.4 is 5.32 Å². The van der Waals surface area contributed by atoms with Gasteiger partial charge in [-0.15, -0.1) is 0 Å². The van der Waals surface area contributed by atoms with Crippen LogP contribution in [-0.4, -0.2) is 13.6 Å². The fraction of sp³-hybridized carbons (Fsp3) is 0.692. The lowest BCUT2D eigenvalue weighted by atomic mass is 9.80. The third kappa shape index (κ3) is 2.82. The summed E-state index contributed by atoms with van der Waals surface area (Å²) in [6.45, 7) is 1.21. The van der Waals surface area contributed by atoms with Crippen molar-refractivity contribution in [1.82, 2.24) is 5.32 Å². The summed E-state index contributed by atoms with van der Waals surface area (Å²) in [4.78, 5) is 0. The molecule has 0 aliphatic heterocycles. The summed E-state index contributed by atoms with van der Waals surface area (Å²) in [5.74, 6) is 0. The highest BCUT2D eigenvalue weighted by atomic mass is 32.1. The number of rotatable bonds is 5. The Labute approximate surface area is 96.9 Å². The van der Waals surface area contributed by atoms with E-state index in [0.717, 1.165) is 0 Å². The van der Waals surface area contributed by atoms with Gasteiger partial charge < -0.3 is 5.32 Å². The minimum atomic E-state index is 0.608. The van der Waals surface area contributed by atoms with E-state index in [1.807, 2.05) is 11.3 Å². The molecule has 1 saturated carbocycles. The molecule has 0 unspecified atom stereocenters. The third-order valence-electron chi connectivity index (χ3n) is 3.74. The predicted octanol–water partition coefficient (Wildman–Crippen LogP) is 3.46. The quantitative estimate of drug-likeness (QED) is 0.806. The van der Waals surface area contributed by atoms with Gasteiger partial charge in [0.05, 0.1) is 0 Å². The van der Waals surface area contributed by atoms with Gasteiger partial charge in [0.15, 0.2) is 0 Å². The molecule has 0 saturated heterocycles. The molecule has 1 aliphatic carbocycles. The van der Waals surface area contributed by atoms with Gasteiger partial charge >= 0.3 is 0 Å². The van der Waals surface area contributed by atoms with Gasteiger partial charge in [0, 0.05) is 6.54 Å². The molecule has 1 N–H and O–H groups in total. The van der Waals surface area contributed by atoms with Crippen molar-refractivity contribution >= 4 is 11.3 Å². The molecule has 0 aromatic carbocycles. The lowest BCUT2D eigenvalue weighted by Crippen LogP contribution is -2.30. The Morgan fingerprint density at radius 2 is 2.20 bits per heavy atom. The molecule has 0 radical (unpaired) electrons. The molecule has 1 aromatic rings. The van der Waals surface area contributed by atoms with E-state index >= 15 is 0 Å². The molecule has 1 aromatic heterocycles. The zero-order chi connectivity index (χ0) is 10.6. The Bertz CT molecular complexity index is 273. The van der Waals surface area contributed by atoms with Crippen LogP contribution in [0.2, 0.25) is 0 Å². The Morgan fingerprint density at radius 1 is 1.40 bits per heavy atom. The number of hydrogen-bond acceptors (Lipinski definition) is 2. The smallest absolute Gasteiger partial charge is 0.000492 e. The van der Waals surface area contributed by atoms with Crippen molar-refractivity contribution in [3.05, 3.63) is 22.4 Å². The lowest BCUT2D eigenvalue weighted by molar-refractivity contribution is 0.264. The van der Waals surface area contributed by atoms with Gasteiger partial charge in [-0.1, -0.05) is 12.8 Å². The van der Waals surface area contributed by atoms with Gasteiger partial charge in [0.1, 0.15) is 0 Å². The van der Waals surface area contributed by atoms with E-state index in [1.165, 1.54) is 50.6 Å². The zero-order valence-corrected chi connectivity index (χ0v) is 10.4. The maximum absolute atomic E-state index is 3.38. The van der Waals surface area contributed by atoms with Crippen LogP contribution in [0, 0.1) is 5.41 Å². The van der Waals surface area contributed by atoms with Crippen molar-refractivity contribution in [3.8, 4) is 0 Å². The maximum Gasteiger partial charge on any atom is 0.000492 e. The molecule has 15 heavy (non-hydrogen) atoms. The first kappa shape index (κ1) is 11.2. The molecule has 0 amide bonds. The monoisotopic (exact) mass is 223 g/mol. The van der Waals surface area contributed by atoms with Crippen LogP contribution >= 0.6 is 11.3 Å². The van der Waals surface area contributed by atoms with Crippen molar-refractivity contribution < 1.29 is 0 Å². The Balaban J connectivity index is 1.89. The van der Waals surface area contributed by atoms with Crippen LogP contribution in [0.1, 0.15) is 37.7 Å². The number of nitrogens with one attached hydrogen (secondary N) is 1. The van der Waals surface area contributed by atoms with Gasteiger partial charge in [0.2, 0.25) is 0 Å².